The van der Waals surface area contributed by atoms with Crippen molar-refractivity contribution < 1.29 is 18.3 Å². The molecule has 3 N–H and O–H groups in total. The van der Waals surface area contributed by atoms with Crippen molar-refractivity contribution in [1.82, 2.24) is 10.0 Å². The van der Waals surface area contributed by atoms with Gasteiger partial charge in [-0.25, -0.2) is 13.1 Å². The summed E-state index contributed by atoms with van der Waals surface area (Å²) in [5.41, 5.74) is 4.19. The monoisotopic (exact) mass is 537 g/mol. The number of aliphatic hydroxyl groups is 1. The number of hydrogen-bond acceptors (Lipinski definition) is 7. The number of nitrogens with zero attached hydrogens (tertiary/aromatic N) is 1. The summed E-state index contributed by atoms with van der Waals surface area (Å²) in [5, 5.41) is 22.4. The topological polar surface area (TPSA) is 119 Å². The third-order valence-corrected chi connectivity index (χ3v) is 7.56. The largest absolute Gasteiger partial charge is 0.387 e. The van der Waals surface area contributed by atoms with Gasteiger partial charge in [0.25, 0.3) is 5.91 Å². The molecule has 0 unspecified atom stereocenters. The average molecular weight is 538 g/mol. The van der Waals surface area contributed by atoms with Crippen molar-refractivity contribution in [2.75, 3.05) is 18.8 Å². The van der Waals surface area contributed by atoms with Gasteiger partial charge in [0.15, 0.2) is 5.75 Å². The molecule has 0 bridgehead atoms. The van der Waals surface area contributed by atoms with Gasteiger partial charge in [-0.3, -0.25) is 4.79 Å². The second-order valence-electron chi connectivity index (χ2n) is 8.80. The molecule has 3 rings (SSSR count). The highest BCUT2D eigenvalue weighted by Crippen LogP contribution is 2.32. The van der Waals surface area contributed by atoms with Crippen LogP contribution in [0.15, 0.2) is 77.7 Å². The predicted molar refractivity (Wildman–Crippen MR) is 148 cm³/mol. The fourth-order valence-corrected chi connectivity index (χ4v) is 5.31. The van der Waals surface area contributed by atoms with Crippen molar-refractivity contribution in [1.29, 1.82) is 5.26 Å². The molecule has 7 nitrogen and oxygen atoms in total. The zero-order chi connectivity index (χ0) is 26.8. The number of nitriles is 1. The SMILES string of the molecule is CC(C)Sc1cc(-c2ccc(CCNC[C@H](O)c3ccccc3)cc2)ccc1C(=O)NS(=O)(=O)CC#N. The molecule has 1 amide bonds. The molecule has 0 saturated carbocycles. The number of thioether (sulfide) groups is 1. The Labute approximate surface area is 223 Å². The van der Waals surface area contributed by atoms with Crippen LogP contribution in [-0.4, -0.2) is 43.5 Å². The van der Waals surface area contributed by atoms with E-state index in [9.17, 15) is 18.3 Å². The number of sulfonamides is 1. The molecular weight excluding hydrogens is 506 g/mol. The Morgan fingerprint density at radius 3 is 2.35 bits per heavy atom. The summed E-state index contributed by atoms with van der Waals surface area (Å²) < 4.78 is 25.7. The average Bonchev–Trinajstić information content (AvgIpc) is 2.86. The minimum Gasteiger partial charge on any atom is -0.387 e. The van der Waals surface area contributed by atoms with Crippen molar-refractivity contribution in [2.24, 2.45) is 0 Å². The second kappa shape index (κ2) is 13.4. The van der Waals surface area contributed by atoms with E-state index < -0.39 is 27.8 Å². The van der Waals surface area contributed by atoms with Crippen molar-refractivity contribution in [3.05, 3.63) is 89.5 Å². The van der Waals surface area contributed by atoms with Gasteiger partial charge in [-0.05, 0) is 47.4 Å². The van der Waals surface area contributed by atoms with Crippen LogP contribution in [0.25, 0.3) is 11.1 Å². The predicted octanol–water partition coefficient (Wildman–Crippen LogP) is 4.30. The number of carbonyl (C=O) groups excluding carboxylic acids is 1. The Hall–Kier alpha value is -3.16. The first kappa shape index (κ1) is 28.4. The van der Waals surface area contributed by atoms with Crippen molar-refractivity contribution in [2.45, 2.75) is 36.5 Å². The molecule has 1 atom stereocenters. The van der Waals surface area contributed by atoms with E-state index in [1.807, 2.05) is 67.1 Å². The van der Waals surface area contributed by atoms with Crippen LogP contribution in [-0.2, 0) is 16.4 Å². The molecular formula is C28H31N3O4S2. The lowest BCUT2D eigenvalue weighted by molar-refractivity contribution is 0.0978. The maximum absolute atomic E-state index is 12.6. The smallest absolute Gasteiger partial charge is 0.265 e. The fourth-order valence-electron chi connectivity index (χ4n) is 3.69. The Morgan fingerprint density at radius 2 is 1.70 bits per heavy atom. The summed E-state index contributed by atoms with van der Waals surface area (Å²) in [5.74, 6) is -1.52. The van der Waals surface area contributed by atoms with Crippen LogP contribution in [0.3, 0.4) is 0 Å². The standard InChI is InChI=1S/C28H31N3O4S2/c1-20(2)36-27-18-24(12-13-25(27)28(33)31-37(34,35)17-15-29)22-10-8-21(9-11-22)14-16-30-19-26(32)23-6-4-3-5-7-23/h3-13,18,20,26,30,32H,14,16-17,19H2,1-2H3,(H,31,33)/t26-/m0/s1. The summed E-state index contributed by atoms with van der Waals surface area (Å²) in [4.78, 5) is 13.3. The van der Waals surface area contributed by atoms with Gasteiger partial charge in [0, 0.05) is 16.7 Å². The van der Waals surface area contributed by atoms with Gasteiger partial charge in [0.1, 0.15) is 0 Å². The van der Waals surface area contributed by atoms with Gasteiger partial charge in [0.05, 0.1) is 17.7 Å². The van der Waals surface area contributed by atoms with Crippen LogP contribution in [0, 0.1) is 11.3 Å². The molecule has 0 aromatic heterocycles. The Bertz CT molecular complexity index is 1340. The highest BCUT2D eigenvalue weighted by molar-refractivity contribution is 8.00. The van der Waals surface area contributed by atoms with Crippen LogP contribution in [0.2, 0.25) is 0 Å². The summed E-state index contributed by atoms with van der Waals surface area (Å²) in [6.07, 6.45) is 0.268. The van der Waals surface area contributed by atoms with Gasteiger partial charge in [-0.15, -0.1) is 11.8 Å². The third kappa shape index (κ3) is 8.72. The minimum absolute atomic E-state index is 0.174. The van der Waals surface area contributed by atoms with Gasteiger partial charge in [0.2, 0.25) is 10.0 Å². The van der Waals surface area contributed by atoms with Gasteiger partial charge in [-0.1, -0.05) is 74.5 Å². The van der Waals surface area contributed by atoms with E-state index in [1.54, 1.807) is 18.2 Å². The summed E-state index contributed by atoms with van der Waals surface area (Å²) in [6, 6.07) is 24.5. The molecule has 0 aliphatic heterocycles. The Balaban J connectivity index is 1.65. The fraction of sp³-hybridized carbons (Fsp3) is 0.286. The molecule has 0 aliphatic rings. The van der Waals surface area contributed by atoms with Crippen LogP contribution >= 0.6 is 11.8 Å². The lowest BCUT2D eigenvalue weighted by Crippen LogP contribution is -2.32. The number of carbonyl (C=O) groups is 1. The molecule has 9 heteroatoms. The number of hydrogen-bond donors (Lipinski definition) is 3. The van der Waals surface area contributed by atoms with Crippen molar-refractivity contribution in [3.8, 4) is 17.2 Å². The van der Waals surface area contributed by atoms with Crippen LogP contribution in [0.4, 0.5) is 0 Å². The normalized spacial score (nSPS) is 12.2. The zero-order valence-corrected chi connectivity index (χ0v) is 22.5. The summed E-state index contributed by atoms with van der Waals surface area (Å²) in [7, 11) is -4.01. The van der Waals surface area contributed by atoms with Gasteiger partial charge >= 0.3 is 0 Å². The zero-order valence-electron chi connectivity index (χ0n) is 20.8. The van der Waals surface area contributed by atoms with E-state index in [2.05, 4.69) is 17.4 Å². The molecule has 37 heavy (non-hydrogen) atoms. The first-order chi connectivity index (χ1) is 17.7. The number of amides is 1. The first-order valence-electron chi connectivity index (χ1n) is 11.9. The highest BCUT2D eigenvalue weighted by atomic mass is 32.2. The van der Waals surface area contributed by atoms with E-state index in [0.29, 0.717) is 11.4 Å². The van der Waals surface area contributed by atoms with E-state index in [0.717, 1.165) is 35.2 Å². The van der Waals surface area contributed by atoms with E-state index in [4.69, 9.17) is 5.26 Å². The van der Waals surface area contributed by atoms with Crippen LogP contribution in [0.1, 0.15) is 41.4 Å². The number of rotatable bonds is 12. The third-order valence-electron chi connectivity index (χ3n) is 5.49. The Kier molecular flexibility index (Phi) is 10.3. The first-order valence-corrected chi connectivity index (χ1v) is 14.5. The lowest BCUT2D eigenvalue weighted by Gasteiger charge is -2.14. The van der Waals surface area contributed by atoms with E-state index in [1.165, 1.54) is 11.8 Å². The molecule has 0 spiro atoms. The quantitative estimate of drug-likeness (QED) is 0.233. The lowest BCUT2D eigenvalue weighted by atomic mass is 10.0. The molecule has 0 fully saturated rings. The minimum atomic E-state index is -4.01. The molecule has 0 aliphatic carbocycles. The van der Waals surface area contributed by atoms with Crippen LogP contribution in [0.5, 0.6) is 0 Å². The van der Waals surface area contributed by atoms with Crippen molar-refractivity contribution in [3.63, 3.8) is 0 Å². The summed E-state index contributed by atoms with van der Waals surface area (Å²) in [6.45, 7) is 5.20. The summed E-state index contributed by atoms with van der Waals surface area (Å²) >= 11 is 1.47. The molecule has 0 heterocycles. The van der Waals surface area contributed by atoms with Gasteiger partial charge < -0.3 is 10.4 Å². The molecule has 0 radical (unpaired) electrons. The van der Waals surface area contributed by atoms with E-state index in [-0.39, 0.29) is 10.8 Å². The maximum Gasteiger partial charge on any atom is 0.265 e. The molecule has 3 aromatic carbocycles. The van der Waals surface area contributed by atoms with Gasteiger partial charge in [-0.2, -0.15) is 5.26 Å². The highest BCUT2D eigenvalue weighted by Gasteiger charge is 2.20. The number of aliphatic hydroxyl groups excluding tert-OH is 1. The van der Waals surface area contributed by atoms with E-state index >= 15 is 0 Å². The number of benzene rings is 3. The molecule has 0 saturated heterocycles. The molecule has 3 aromatic rings. The maximum atomic E-state index is 12.6. The second-order valence-corrected chi connectivity index (χ2v) is 12.1. The van der Waals surface area contributed by atoms with Crippen molar-refractivity contribution >= 4 is 27.7 Å². The molecule has 194 valence electrons. The number of nitrogens with one attached hydrogen (secondary N) is 2. The van der Waals surface area contributed by atoms with Crippen LogP contribution < -0.4 is 10.0 Å². The Morgan fingerprint density at radius 1 is 1.03 bits per heavy atom.